The Balaban J connectivity index is 1.99. The molecule has 1 unspecified atom stereocenters. The molecule has 2 heteroatoms. The van der Waals surface area contributed by atoms with Crippen LogP contribution in [0.1, 0.15) is 150 Å². The average Bonchev–Trinajstić information content (AvgIpc) is 3.17. The van der Waals surface area contributed by atoms with Gasteiger partial charge in [-0.05, 0) is 18.8 Å². The Morgan fingerprint density at radius 3 is 1.06 bits per heavy atom. The normalized spacial score (nSPS) is 16.2. The first-order valence-electron chi connectivity index (χ1n) is 14.4. The van der Waals surface area contributed by atoms with Crippen LogP contribution in [-0.4, -0.2) is 29.1 Å². The van der Waals surface area contributed by atoms with Gasteiger partial charge < -0.3 is 9.80 Å². The van der Waals surface area contributed by atoms with Gasteiger partial charge in [-0.1, -0.05) is 137 Å². The Kier molecular flexibility index (Phi) is 18.3. The molecular formula is C29H58N2. The highest BCUT2D eigenvalue weighted by Crippen LogP contribution is 2.24. The van der Waals surface area contributed by atoms with Crippen LogP contribution in [0.2, 0.25) is 0 Å². The van der Waals surface area contributed by atoms with Crippen molar-refractivity contribution in [2.45, 2.75) is 156 Å². The zero-order chi connectivity index (χ0) is 22.6. The molecule has 0 aromatic heterocycles. The minimum absolute atomic E-state index is 0.591. The lowest BCUT2D eigenvalue weighted by Crippen LogP contribution is -2.43. The topological polar surface area (TPSA) is 6.48 Å². The molecule has 1 aliphatic rings. The summed E-state index contributed by atoms with van der Waals surface area (Å²) in [7, 11) is 0. The van der Waals surface area contributed by atoms with Gasteiger partial charge in [-0.3, -0.25) is 0 Å². The maximum atomic E-state index is 2.62. The van der Waals surface area contributed by atoms with E-state index in [1.807, 2.05) is 0 Å². The fraction of sp³-hybridized carbons (Fsp3) is 0.931. The molecule has 2 nitrogen and oxygen atoms in total. The van der Waals surface area contributed by atoms with E-state index in [1.54, 1.807) is 0 Å². The highest BCUT2D eigenvalue weighted by Gasteiger charge is 2.28. The summed E-state index contributed by atoms with van der Waals surface area (Å²) in [5, 5.41) is 0. The monoisotopic (exact) mass is 434 g/mol. The van der Waals surface area contributed by atoms with Crippen molar-refractivity contribution in [2.24, 2.45) is 5.92 Å². The van der Waals surface area contributed by atoms with Crippen molar-refractivity contribution in [1.29, 1.82) is 0 Å². The Morgan fingerprint density at radius 2 is 0.774 bits per heavy atom. The third-order valence-corrected chi connectivity index (χ3v) is 7.02. The van der Waals surface area contributed by atoms with E-state index in [1.165, 1.54) is 135 Å². The largest absolute Gasteiger partial charge is 0.356 e. The summed E-state index contributed by atoms with van der Waals surface area (Å²) in [6.07, 6.45) is 32.4. The van der Waals surface area contributed by atoms with Crippen molar-refractivity contribution >= 4 is 0 Å². The predicted octanol–water partition coefficient (Wildman–Crippen LogP) is 9.51. The zero-order valence-corrected chi connectivity index (χ0v) is 22.1. The molecule has 31 heavy (non-hydrogen) atoms. The molecule has 1 aliphatic heterocycles. The molecule has 184 valence electrons. The second-order valence-electron chi connectivity index (χ2n) is 10.4. The van der Waals surface area contributed by atoms with Gasteiger partial charge in [0.2, 0.25) is 0 Å². The van der Waals surface area contributed by atoms with E-state index in [2.05, 4.69) is 49.9 Å². The molecule has 0 aliphatic carbocycles. The summed E-state index contributed by atoms with van der Waals surface area (Å²) in [6.45, 7) is 11.9. The maximum Gasteiger partial charge on any atom is 0.103 e. The summed E-state index contributed by atoms with van der Waals surface area (Å²) in [5.74, 6) is 0.692. The van der Waals surface area contributed by atoms with Crippen molar-refractivity contribution in [1.82, 2.24) is 9.80 Å². The Bertz CT molecular complexity index is 404. The summed E-state index contributed by atoms with van der Waals surface area (Å²) < 4.78 is 0. The summed E-state index contributed by atoms with van der Waals surface area (Å²) in [6, 6.07) is 0. The van der Waals surface area contributed by atoms with E-state index in [0.29, 0.717) is 12.1 Å². The van der Waals surface area contributed by atoms with Gasteiger partial charge in [0, 0.05) is 25.5 Å². The highest BCUT2D eigenvalue weighted by atomic mass is 15.4. The smallest absolute Gasteiger partial charge is 0.103 e. The summed E-state index contributed by atoms with van der Waals surface area (Å²) in [5.41, 5.74) is 0. The molecule has 0 saturated carbocycles. The minimum atomic E-state index is 0.591. The second-order valence-corrected chi connectivity index (χ2v) is 10.4. The lowest BCUT2D eigenvalue weighted by molar-refractivity contribution is 0.104. The van der Waals surface area contributed by atoms with Gasteiger partial charge in [-0.2, -0.15) is 0 Å². The third-order valence-electron chi connectivity index (χ3n) is 7.02. The molecule has 0 spiro atoms. The first kappa shape index (κ1) is 28.4. The zero-order valence-electron chi connectivity index (χ0n) is 22.1. The van der Waals surface area contributed by atoms with Crippen LogP contribution in [0.25, 0.3) is 0 Å². The first-order valence-corrected chi connectivity index (χ1v) is 14.4. The fourth-order valence-corrected chi connectivity index (χ4v) is 5.10. The van der Waals surface area contributed by atoms with Gasteiger partial charge in [-0.15, -0.1) is 0 Å². The fourth-order valence-electron chi connectivity index (χ4n) is 5.10. The molecule has 1 heterocycles. The molecule has 0 radical (unpaired) electrons. The molecule has 0 amide bonds. The molecule has 0 bridgehead atoms. The first-order chi connectivity index (χ1) is 15.2. The maximum absolute atomic E-state index is 2.62. The van der Waals surface area contributed by atoms with Crippen LogP contribution in [-0.2, 0) is 0 Å². The molecule has 0 fully saturated rings. The van der Waals surface area contributed by atoms with Gasteiger partial charge in [0.25, 0.3) is 0 Å². The van der Waals surface area contributed by atoms with E-state index in [0.717, 1.165) is 0 Å². The van der Waals surface area contributed by atoms with Crippen LogP contribution in [0.4, 0.5) is 0 Å². The van der Waals surface area contributed by atoms with E-state index in [4.69, 9.17) is 0 Å². The average molecular weight is 435 g/mol. The molecule has 0 aromatic rings. The SMILES string of the molecule is CCCCCCCCCCCCCCCCN1C=CN(CCCCCCC)C1C(C)C. The van der Waals surface area contributed by atoms with Crippen LogP contribution in [0, 0.1) is 5.92 Å². The molecular weight excluding hydrogens is 376 g/mol. The number of unbranched alkanes of at least 4 members (excludes halogenated alkanes) is 17. The van der Waals surface area contributed by atoms with Crippen LogP contribution in [0.5, 0.6) is 0 Å². The van der Waals surface area contributed by atoms with Gasteiger partial charge in [0.1, 0.15) is 6.17 Å². The molecule has 1 atom stereocenters. The van der Waals surface area contributed by atoms with Crippen LogP contribution in [0.3, 0.4) is 0 Å². The predicted molar refractivity (Wildman–Crippen MR) is 140 cm³/mol. The number of rotatable bonds is 22. The molecule has 0 N–H and O–H groups in total. The van der Waals surface area contributed by atoms with Crippen LogP contribution >= 0.6 is 0 Å². The van der Waals surface area contributed by atoms with Crippen molar-refractivity contribution in [3.05, 3.63) is 12.4 Å². The standard InChI is InChI=1S/C29H58N2/c1-5-7-9-11-12-13-14-15-16-17-18-19-21-23-25-31-27-26-30(29(31)28(3)4)24-22-20-10-8-6-2/h26-29H,5-25H2,1-4H3. The number of hydrogen-bond acceptors (Lipinski definition) is 2. The van der Waals surface area contributed by atoms with E-state index in [9.17, 15) is 0 Å². The second kappa shape index (κ2) is 20.0. The third kappa shape index (κ3) is 14.2. The van der Waals surface area contributed by atoms with Crippen LogP contribution in [0.15, 0.2) is 12.4 Å². The molecule has 0 saturated heterocycles. The van der Waals surface area contributed by atoms with Gasteiger partial charge >= 0.3 is 0 Å². The lowest BCUT2D eigenvalue weighted by atomic mass is 10.0. The number of hydrogen-bond donors (Lipinski definition) is 0. The highest BCUT2D eigenvalue weighted by molar-refractivity contribution is 4.98. The van der Waals surface area contributed by atoms with E-state index < -0.39 is 0 Å². The van der Waals surface area contributed by atoms with Gasteiger partial charge in [-0.25, -0.2) is 0 Å². The van der Waals surface area contributed by atoms with Crippen molar-refractivity contribution < 1.29 is 0 Å². The van der Waals surface area contributed by atoms with Crippen molar-refractivity contribution in [2.75, 3.05) is 13.1 Å². The van der Waals surface area contributed by atoms with Gasteiger partial charge in [0.15, 0.2) is 0 Å². The lowest BCUT2D eigenvalue weighted by Gasteiger charge is -2.36. The quantitative estimate of drug-likeness (QED) is 0.156. The van der Waals surface area contributed by atoms with E-state index in [-0.39, 0.29) is 0 Å². The Hall–Kier alpha value is -0.660. The summed E-state index contributed by atoms with van der Waals surface area (Å²) in [4.78, 5) is 5.23. The molecule has 0 aromatic carbocycles. The van der Waals surface area contributed by atoms with Gasteiger partial charge in [0.05, 0.1) is 0 Å². The van der Waals surface area contributed by atoms with Crippen molar-refractivity contribution in [3.8, 4) is 0 Å². The Morgan fingerprint density at radius 1 is 0.484 bits per heavy atom. The number of nitrogens with zero attached hydrogens (tertiary/aromatic N) is 2. The Labute approximate surface area is 197 Å². The van der Waals surface area contributed by atoms with E-state index >= 15 is 0 Å². The van der Waals surface area contributed by atoms with Crippen molar-refractivity contribution in [3.63, 3.8) is 0 Å². The minimum Gasteiger partial charge on any atom is -0.356 e. The van der Waals surface area contributed by atoms with Crippen LogP contribution < -0.4 is 0 Å². The molecule has 1 rings (SSSR count). The summed E-state index contributed by atoms with van der Waals surface area (Å²) >= 11 is 0.